The highest BCUT2D eigenvalue weighted by atomic mass is 16.6. The third-order valence-corrected chi connectivity index (χ3v) is 3.90. The number of ether oxygens (including phenoxy) is 2. The van der Waals surface area contributed by atoms with E-state index < -0.39 is 5.60 Å². The van der Waals surface area contributed by atoms with Gasteiger partial charge in [0, 0.05) is 12.1 Å². The molecule has 1 aromatic carbocycles. The molecule has 5 heteroatoms. The smallest absolute Gasteiger partial charge is 0.410 e. The van der Waals surface area contributed by atoms with Gasteiger partial charge in [-0.2, -0.15) is 0 Å². The largest absolute Gasteiger partial charge is 0.466 e. The van der Waals surface area contributed by atoms with Gasteiger partial charge in [0.05, 0.1) is 13.7 Å². The predicted octanol–water partition coefficient (Wildman–Crippen LogP) is 3.56. The summed E-state index contributed by atoms with van der Waals surface area (Å²) in [5.41, 5.74) is 2.93. The van der Waals surface area contributed by atoms with Gasteiger partial charge in [-0.25, -0.2) is 9.59 Å². The normalized spacial score (nSPS) is 15.3. The fourth-order valence-corrected chi connectivity index (χ4v) is 2.75. The molecule has 0 unspecified atom stereocenters. The van der Waals surface area contributed by atoms with Crippen LogP contribution < -0.4 is 0 Å². The monoisotopic (exact) mass is 331 g/mol. The van der Waals surface area contributed by atoms with E-state index in [4.69, 9.17) is 9.47 Å². The van der Waals surface area contributed by atoms with Gasteiger partial charge in [0.15, 0.2) is 0 Å². The molecule has 2 rings (SSSR count). The quantitative estimate of drug-likeness (QED) is 0.778. The molecule has 0 radical (unpaired) electrons. The molecule has 0 spiro atoms. The molecule has 1 aromatic rings. The van der Waals surface area contributed by atoms with Gasteiger partial charge in [-0.3, -0.25) is 0 Å². The number of benzene rings is 1. The van der Waals surface area contributed by atoms with Crippen LogP contribution in [0.25, 0.3) is 5.57 Å². The summed E-state index contributed by atoms with van der Waals surface area (Å²) in [5, 5.41) is 0. The van der Waals surface area contributed by atoms with Crippen LogP contribution in [0, 0.1) is 6.92 Å². The highest BCUT2D eigenvalue weighted by Gasteiger charge is 2.30. The first kappa shape index (κ1) is 18.0. The van der Waals surface area contributed by atoms with Crippen molar-refractivity contribution < 1.29 is 19.1 Å². The Kier molecular flexibility index (Phi) is 5.32. The van der Waals surface area contributed by atoms with Gasteiger partial charge >= 0.3 is 12.1 Å². The van der Waals surface area contributed by atoms with E-state index >= 15 is 0 Å². The predicted molar refractivity (Wildman–Crippen MR) is 92.5 cm³/mol. The molecule has 0 N–H and O–H groups in total. The van der Waals surface area contributed by atoms with E-state index in [1.807, 2.05) is 52.0 Å². The Labute approximate surface area is 143 Å². The number of carbonyl (C=O) groups is 2. The standard InChI is InChI=1S/C19H25NO4/c1-13-8-6-7-9-14(13)16-12-20(18(22)24-19(2,3)4)11-10-15(16)17(21)23-5/h6-9H,10-12H2,1-5H3. The molecule has 1 heterocycles. The molecule has 130 valence electrons. The third kappa shape index (κ3) is 4.16. The number of aryl methyl sites for hydroxylation is 1. The molecule has 0 aromatic heterocycles. The maximum atomic E-state index is 12.4. The Morgan fingerprint density at radius 1 is 1.17 bits per heavy atom. The van der Waals surface area contributed by atoms with E-state index in [0.717, 1.165) is 16.7 Å². The maximum Gasteiger partial charge on any atom is 0.410 e. The molecule has 1 aliphatic rings. The number of hydrogen-bond donors (Lipinski definition) is 0. The number of amides is 1. The van der Waals surface area contributed by atoms with Crippen LogP contribution in [0.2, 0.25) is 0 Å². The van der Waals surface area contributed by atoms with Gasteiger partial charge in [-0.15, -0.1) is 0 Å². The van der Waals surface area contributed by atoms with Crippen LogP contribution >= 0.6 is 0 Å². The summed E-state index contributed by atoms with van der Waals surface area (Å²) < 4.78 is 10.4. The summed E-state index contributed by atoms with van der Waals surface area (Å²) in [6.45, 7) is 8.29. The van der Waals surface area contributed by atoms with Crippen LogP contribution in [0.15, 0.2) is 29.8 Å². The van der Waals surface area contributed by atoms with Crippen LogP contribution in [0.3, 0.4) is 0 Å². The first-order valence-electron chi connectivity index (χ1n) is 8.07. The van der Waals surface area contributed by atoms with E-state index in [2.05, 4.69) is 0 Å². The fraction of sp³-hybridized carbons (Fsp3) is 0.474. The molecule has 0 aliphatic carbocycles. The lowest BCUT2D eigenvalue weighted by Crippen LogP contribution is -2.41. The number of methoxy groups -OCH3 is 1. The first-order chi connectivity index (χ1) is 11.2. The van der Waals surface area contributed by atoms with E-state index in [1.165, 1.54) is 7.11 Å². The molecular formula is C19H25NO4. The zero-order chi connectivity index (χ0) is 17.9. The summed E-state index contributed by atoms with van der Waals surface area (Å²) in [5.74, 6) is -0.336. The topological polar surface area (TPSA) is 55.8 Å². The zero-order valence-electron chi connectivity index (χ0n) is 15.0. The van der Waals surface area contributed by atoms with Crippen LogP contribution in [0.4, 0.5) is 4.79 Å². The lowest BCUT2D eigenvalue weighted by molar-refractivity contribution is -0.136. The van der Waals surface area contributed by atoms with Gasteiger partial charge in [-0.05, 0) is 50.8 Å². The minimum atomic E-state index is -0.549. The zero-order valence-corrected chi connectivity index (χ0v) is 15.0. The number of nitrogens with zero attached hydrogens (tertiary/aromatic N) is 1. The summed E-state index contributed by atoms with van der Waals surface area (Å²) in [6, 6.07) is 7.83. The molecule has 1 amide bonds. The third-order valence-electron chi connectivity index (χ3n) is 3.90. The summed E-state index contributed by atoms with van der Waals surface area (Å²) in [6.07, 6.45) is 0.0905. The molecule has 5 nitrogen and oxygen atoms in total. The molecule has 1 aliphatic heterocycles. The first-order valence-corrected chi connectivity index (χ1v) is 8.07. The van der Waals surface area contributed by atoms with Crippen molar-refractivity contribution in [2.45, 2.75) is 39.7 Å². The SMILES string of the molecule is COC(=O)C1=C(c2ccccc2C)CN(C(=O)OC(C)(C)C)CC1. The van der Waals surface area contributed by atoms with Crippen LogP contribution in [0.5, 0.6) is 0 Å². The Morgan fingerprint density at radius 2 is 1.83 bits per heavy atom. The van der Waals surface area contributed by atoms with Crippen molar-refractivity contribution in [3.05, 3.63) is 41.0 Å². The van der Waals surface area contributed by atoms with Crippen molar-refractivity contribution >= 4 is 17.6 Å². The highest BCUT2D eigenvalue weighted by Crippen LogP contribution is 2.30. The molecule has 0 saturated carbocycles. The minimum Gasteiger partial charge on any atom is -0.466 e. The highest BCUT2D eigenvalue weighted by molar-refractivity contribution is 5.99. The Morgan fingerprint density at radius 3 is 2.42 bits per heavy atom. The van der Waals surface area contributed by atoms with Crippen molar-refractivity contribution in [2.75, 3.05) is 20.2 Å². The Hall–Kier alpha value is -2.30. The molecule has 0 atom stereocenters. The van der Waals surface area contributed by atoms with Crippen LogP contribution in [0.1, 0.15) is 38.3 Å². The van der Waals surface area contributed by atoms with E-state index in [1.54, 1.807) is 4.90 Å². The van der Waals surface area contributed by atoms with Crippen molar-refractivity contribution in [1.29, 1.82) is 0 Å². The van der Waals surface area contributed by atoms with Crippen molar-refractivity contribution in [1.82, 2.24) is 4.90 Å². The molecular weight excluding hydrogens is 306 g/mol. The average molecular weight is 331 g/mol. The van der Waals surface area contributed by atoms with Crippen molar-refractivity contribution in [3.8, 4) is 0 Å². The summed E-state index contributed by atoms with van der Waals surface area (Å²) in [4.78, 5) is 26.2. The van der Waals surface area contributed by atoms with E-state index in [-0.39, 0.29) is 12.1 Å². The van der Waals surface area contributed by atoms with Gasteiger partial charge in [0.25, 0.3) is 0 Å². The lowest BCUT2D eigenvalue weighted by atomic mass is 9.91. The molecule has 0 saturated heterocycles. The second-order valence-electron chi connectivity index (χ2n) is 6.92. The van der Waals surface area contributed by atoms with Crippen molar-refractivity contribution in [2.24, 2.45) is 0 Å². The van der Waals surface area contributed by atoms with Gasteiger partial charge in [-0.1, -0.05) is 24.3 Å². The van der Waals surface area contributed by atoms with Crippen LogP contribution in [-0.2, 0) is 14.3 Å². The molecule has 0 fully saturated rings. The molecule has 0 bridgehead atoms. The van der Waals surface area contributed by atoms with Gasteiger partial charge in [0.1, 0.15) is 5.60 Å². The lowest BCUT2D eigenvalue weighted by Gasteiger charge is -2.32. The molecule has 24 heavy (non-hydrogen) atoms. The van der Waals surface area contributed by atoms with Crippen LogP contribution in [-0.4, -0.2) is 42.8 Å². The van der Waals surface area contributed by atoms with Crippen molar-refractivity contribution in [3.63, 3.8) is 0 Å². The van der Waals surface area contributed by atoms with Gasteiger partial charge in [0.2, 0.25) is 0 Å². The number of esters is 1. The number of carbonyl (C=O) groups excluding carboxylic acids is 2. The summed E-state index contributed by atoms with van der Waals surface area (Å²) in [7, 11) is 1.38. The minimum absolute atomic E-state index is 0.336. The fourth-order valence-electron chi connectivity index (χ4n) is 2.75. The second-order valence-corrected chi connectivity index (χ2v) is 6.92. The maximum absolute atomic E-state index is 12.4. The van der Waals surface area contributed by atoms with Gasteiger partial charge < -0.3 is 14.4 Å². The Bertz CT molecular complexity index is 670. The van der Waals surface area contributed by atoms with E-state index in [0.29, 0.717) is 25.1 Å². The number of hydrogen-bond acceptors (Lipinski definition) is 4. The van der Waals surface area contributed by atoms with E-state index in [9.17, 15) is 9.59 Å². The number of rotatable bonds is 2. The average Bonchev–Trinajstić information content (AvgIpc) is 2.52. The second kappa shape index (κ2) is 7.07. The summed E-state index contributed by atoms with van der Waals surface area (Å²) >= 11 is 0. The Balaban J connectivity index is 2.36.